The lowest BCUT2D eigenvalue weighted by Gasteiger charge is -2.11. The van der Waals surface area contributed by atoms with E-state index in [2.05, 4.69) is 33.6 Å². The van der Waals surface area contributed by atoms with Gasteiger partial charge in [0.2, 0.25) is 0 Å². The highest BCUT2D eigenvalue weighted by molar-refractivity contribution is 7.15. The summed E-state index contributed by atoms with van der Waals surface area (Å²) in [5.74, 6) is 0.871. The molecular formula is C13H16N4S. The number of hydrogen-bond acceptors (Lipinski definition) is 5. The van der Waals surface area contributed by atoms with Crippen molar-refractivity contribution in [3.05, 3.63) is 35.0 Å². The predicted molar refractivity (Wildman–Crippen MR) is 74.3 cm³/mol. The maximum absolute atomic E-state index is 4.65. The molecule has 5 heteroatoms. The number of thiazole rings is 1. The second-order valence-corrected chi connectivity index (χ2v) is 5.73. The summed E-state index contributed by atoms with van der Waals surface area (Å²) >= 11 is 1.64. The van der Waals surface area contributed by atoms with Crippen LogP contribution in [0.15, 0.2) is 24.4 Å². The van der Waals surface area contributed by atoms with Crippen LogP contribution in [0.4, 0.5) is 10.9 Å². The SMILES string of the molecule is Cc1cnc(Nc2cccc(C3CCCN3)n2)s1. The molecule has 2 N–H and O–H groups in total. The Morgan fingerprint density at radius 1 is 1.44 bits per heavy atom. The topological polar surface area (TPSA) is 49.8 Å². The van der Waals surface area contributed by atoms with Crippen LogP contribution in [-0.4, -0.2) is 16.5 Å². The fourth-order valence-electron chi connectivity index (χ4n) is 2.17. The van der Waals surface area contributed by atoms with Gasteiger partial charge in [0.25, 0.3) is 0 Å². The van der Waals surface area contributed by atoms with Crippen molar-refractivity contribution in [2.24, 2.45) is 0 Å². The number of rotatable bonds is 3. The average molecular weight is 260 g/mol. The molecule has 1 fully saturated rings. The second-order valence-electron chi connectivity index (χ2n) is 4.50. The van der Waals surface area contributed by atoms with Crippen molar-refractivity contribution in [3.63, 3.8) is 0 Å². The van der Waals surface area contributed by atoms with E-state index in [9.17, 15) is 0 Å². The molecule has 1 aliphatic rings. The van der Waals surface area contributed by atoms with Gasteiger partial charge in [-0.2, -0.15) is 0 Å². The van der Waals surface area contributed by atoms with Crippen molar-refractivity contribution in [2.45, 2.75) is 25.8 Å². The van der Waals surface area contributed by atoms with Crippen molar-refractivity contribution in [3.8, 4) is 0 Å². The molecule has 3 heterocycles. The van der Waals surface area contributed by atoms with Gasteiger partial charge in [0.1, 0.15) is 5.82 Å². The molecule has 94 valence electrons. The maximum atomic E-state index is 4.65. The zero-order valence-corrected chi connectivity index (χ0v) is 11.1. The van der Waals surface area contributed by atoms with Gasteiger partial charge in [-0.3, -0.25) is 0 Å². The Morgan fingerprint density at radius 2 is 2.39 bits per heavy atom. The third-order valence-corrected chi connectivity index (χ3v) is 3.87. The number of pyridine rings is 1. The fraction of sp³-hybridized carbons (Fsp3) is 0.385. The molecule has 18 heavy (non-hydrogen) atoms. The minimum atomic E-state index is 0.407. The third-order valence-electron chi connectivity index (χ3n) is 3.04. The Kier molecular flexibility index (Phi) is 3.25. The van der Waals surface area contributed by atoms with E-state index in [0.29, 0.717) is 6.04 Å². The smallest absolute Gasteiger partial charge is 0.188 e. The first-order valence-electron chi connectivity index (χ1n) is 6.21. The van der Waals surface area contributed by atoms with Gasteiger partial charge in [-0.1, -0.05) is 6.07 Å². The molecule has 0 spiro atoms. The highest BCUT2D eigenvalue weighted by Crippen LogP contribution is 2.24. The second kappa shape index (κ2) is 5.04. The number of aryl methyl sites for hydroxylation is 1. The largest absolute Gasteiger partial charge is 0.316 e. The van der Waals surface area contributed by atoms with E-state index in [-0.39, 0.29) is 0 Å². The molecule has 2 aromatic heterocycles. The van der Waals surface area contributed by atoms with Crippen LogP contribution in [0.5, 0.6) is 0 Å². The minimum Gasteiger partial charge on any atom is -0.316 e. The van der Waals surface area contributed by atoms with Gasteiger partial charge in [-0.25, -0.2) is 9.97 Å². The van der Waals surface area contributed by atoms with Crippen molar-refractivity contribution < 1.29 is 0 Å². The zero-order valence-electron chi connectivity index (χ0n) is 10.3. The molecule has 3 rings (SSSR count). The molecule has 0 bridgehead atoms. The maximum Gasteiger partial charge on any atom is 0.188 e. The van der Waals surface area contributed by atoms with Crippen LogP contribution in [0.2, 0.25) is 0 Å². The molecule has 0 amide bonds. The van der Waals surface area contributed by atoms with Gasteiger partial charge >= 0.3 is 0 Å². The van der Waals surface area contributed by atoms with Gasteiger partial charge < -0.3 is 10.6 Å². The quantitative estimate of drug-likeness (QED) is 0.890. The van der Waals surface area contributed by atoms with E-state index >= 15 is 0 Å². The van der Waals surface area contributed by atoms with Crippen LogP contribution in [-0.2, 0) is 0 Å². The predicted octanol–water partition coefficient (Wildman–Crippen LogP) is 3.01. The molecular weight excluding hydrogens is 244 g/mol. The molecule has 1 unspecified atom stereocenters. The summed E-state index contributed by atoms with van der Waals surface area (Å²) in [6, 6.07) is 6.52. The Balaban J connectivity index is 1.78. The molecule has 1 atom stereocenters. The van der Waals surface area contributed by atoms with Crippen LogP contribution in [0.25, 0.3) is 0 Å². The fourth-order valence-corrected chi connectivity index (χ4v) is 2.85. The van der Waals surface area contributed by atoms with E-state index in [4.69, 9.17) is 0 Å². The number of nitrogens with zero attached hydrogens (tertiary/aromatic N) is 2. The van der Waals surface area contributed by atoms with E-state index in [1.165, 1.54) is 17.7 Å². The standard InChI is InChI=1S/C13H16N4S/c1-9-8-15-13(18-9)17-12-6-2-4-11(16-12)10-5-3-7-14-10/h2,4,6,8,10,14H,3,5,7H2,1H3,(H,15,16,17). The number of aromatic nitrogens is 2. The summed E-state index contributed by atoms with van der Waals surface area (Å²) < 4.78 is 0. The van der Waals surface area contributed by atoms with Crippen molar-refractivity contribution in [2.75, 3.05) is 11.9 Å². The van der Waals surface area contributed by atoms with E-state index < -0.39 is 0 Å². The molecule has 4 nitrogen and oxygen atoms in total. The lowest BCUT2D eigenvalue weighted by atomic mass is 10.1. The van der Waals surface area contributed by atoms with Gasteiger partial charge in [-0.15, -0.1) is 11.3 Å². The Bertz CT molecular complexity index is 531. The molecule has 1 saturated heterocycles. The van der Waals surface area contributed by atoms with Gasteiger partial charge in [0, 0.05) is 17.1 Å². The minimum absolute atomic E-state index is 0.407. The third kappa shape index (κ3) is 2.52. The van der Waals surface area contributed by atoms with Gasteiger partial charge in [0.05, 0.1) is 5.69 Å². The summed E-state index contributed by atoms with van der Waals surface area (Å²) in [7, 11) is 0. The summed E-state index contributed by atoms with van der Waals surface area (Å²) in [6.07, 6.45) is 4.28. The summed E-state index contributed by atoms with van der Waals surface area (Å²) in [5, 5.41) is 7.62. The lowest BCUT2D eigenvalue weighted by Crippen LogP contribution is -2.14. The first kappa shape index (κ1) is 11.6. The Morgan fingerprint density at radius 3 is 3.11 bits per heavy atom. The van der Waals surface area contributed by atoms with Gasteiger partial charge in [0.15, 0.2) is 5.13 Å². The van der Waals surface area contributed by atoms with Crippen LogP contribution in [0.1, 0.15) is 29.5 Å². The van der Waals surface area contributed by atoms with Crippen LogP contribution >= 0.6 is 11.3 Å². The highest BCUT2D eigenvalue weighted by atomic mass is 32.1. The zero-order chi connectivity index (χ0) is 12.4. The average Bonchev–Trinajstić information content (AvgIpc) is 3.01. The molecule has 0 aliphatic carbocycles. The molecule has 0 radical (unpaired) electrons. The van der Waals surface area contributed by atoms with E-state index in [0.717, 1.165) is 23.2 Å². The van der Waals surface area contributed by atoms with Gasteiger partial charge in [-0.05, 0) is 38.4 Å². The van der Waals surface area contributed by atoms with Crippen molar-refractivity contribution in [1.82, 2.24) is 15.3 Å². The van der Waals surface area contributed by atoms with Crippen LogP contribution < -0.4 is 10.6 Å². The number of hydrogen-bond donors (Lipinski definition) is 2. The summed E-state index contributed by atoms with van der Waals surface area (Å²) in [6.45, 7) is 3.14. The number of anilines is 2. The van der Waals surface area contributed by atoms with E-state index in [1.807, 2.05) is 18.3 Å². The molecule has 2 aromatic rings. The summed E-state index contributed by atoms with van der Waals surface area (Å²) in [4.78, 5) is 10.1. The molecule has 1 aliphatic heterocycles. The summed E-state index contributed by atoms with van der Waals surface area (Å²) in [5.41, 5.74) is 1.12. The highest BCUT2D eigenvalue weighted by Gasteiger charge is 2.17. The van der Waals surface area contributed by atoms with E-state index in [1.54, 1.807) is 11.3 Å². The van der Waals surface area contributed by atoms with Crippen LogP contribution in [0.3, 0.4) is 0 Å². The van der Waals surface area contributed by atoms with Crippen molar-refractivity contribution >= 4 is 22.3 Å². The Hall–Kier alpha value is -1.46. The normalized spacial score (nSPS) is 19.1. The first-order valence-corrected chi connectivity index (χ1v) is 7.03. The lowest BCUT2D eigenvalue weighted by molar-refractivity contribution is 0.629. The molecule has 0 saturated carbocycles. The monoisotopic (exact) mass is 260 g/mol. The number of nitrogens with one attached hydrogen (secondary N) is 2. The molecule has 0 aromatic carbocycles. The van der Waals surface area contributed by atoms with Crippen LogP contribution in [0, 0.1) is 6.92 Å². The van der Waals surface area contributed by atoms with Crippen molar-refractivity contribution in [1.29, 1.82) is 0 Å². The first-order chi connectivity index (χ1) is 8.81. The Labute approximate surface area is 110 Å².